The largest absolute Gasteiger partial charge is 0.497 e. The molecule has 390 valence electrons. The van der Waals surface area contributed by atoms with E-state index < -0.39 is 0 Å². The van der Waals surface area contributed by atoms with Crippen molar-refractivity contribution in [1.29, 1.82) is 0 Å². The van der Waals surface area contributed by atoms with Crippen LogP contribution >= 0.6 is 39.1 Å². The Hall–Kier alpha value is -4.73. The summed E-state index contributed by atoms with van der Waals surface area (Å²) in [5.74, 6) is 3.24. The van der Waals surface area contributed by atoms with Crippen LogP contribution in [-0.4, -0.2) is 138 Å². The molecule has 2 unspecified atom stereocenters. The number of aliphatic hydroxyl groups excluding tert-OH is 2. The number of fused-ring (bicyclic) bond motifs is 1. The first-order chi connectivity index (χ1) is 35.4. The van der Waals surface area contributed by atoms with Crippen LogP contribution in [0.1, 0.15) is 85.5 Å². The van der Waals surface area contributed by atoms with Crippen LogP contribution in [0.2, 0.25) is 10.0 Å². The van der Waals surface area contributed by atoms with Crippen molar-refractivity contribution in [2.45, 2.75) is 75.3 Å². The van der Waals surface area contributed by atoms with Gasteiger partial charge in [-0.2, -0.15) is 0 Å². The number of benzene rings is 4. The van der Waals surface area contributed by atoms with Gasteiger partial charge in [0.1, 0.15) is 17.3 Å². The number of rotatable bonds is 14. The van der Waals surface area contributed by atoms with Gasteiger partial charge in [0.25, 0.3) is 0 Å². The number of aliphatic hydroxyl groups is 2. The SMILES string of the molecule is COc1ccc(C2CCN(C(CO)C3CCN(C(=O)/C=C/c4ccc(F)c(Br)c4)CC3)CC2)cc1.COc1ccc2[nH]cc(C3CCN(C(CO)C4CCN(C(=O)/C=C/c5ccc(Cl)c(Cl)c5)CC4)CC3)c2c1. The van der Waals surface area contributed by atoms with Crippen molar-refractivity contribution < 1.29 is 33.7 Å². The Balaban J connectivity index is 0.000000196. The van der Waals surface area contributed by atoms with Crippen LogP contribution in [0.5, 0.6) is 11.5 Å². The number of hydrogen-bond acceptors (Lipinski definition) is 8. The minimum absolute atomic E-state index is 0.00578. The Kier molecular flexibility index (Phi) is 19.5. The van der Waals surface area contributed by atoms with Gasteiger partial charge in [0.05, 0.1) is 42.0 Å². The number of carbonyl (C=O) groups is 2. The van der Waals surface area contributed by atoms with Crippen molar-refractivity contribution in [2.75, 3.05) is 79.8 Å². The molecule has 0 saturated carbocycles. The maximum Gasteiger partial charge on any atom is 0.246 e. The Morgan fingerprint density at radius 2 is 1.16 bits per heavy atom. The molecule has 4 fully saturated rings. The van der Waals surface area contributed by atoms with Crippen molar-refractivity contribution in [1.82, 2.24) is 24.6 Å². The predicted molar refractivity (Wildman–Crippen MR) is 294 cm³/mol. The lowest BCUT2D eigenvalue weighted by Gasteiger charge is -2.43. The van der Waals surface area contributed by atoms with Crippen LogP contribution in [-0.2, 0) is 9.59 Å². The van der Waals surface area contributed by atoms with Crippen LogP contribution < -0.4 is 9.47 Å². The van der Waals surface area contributed by atoms with Gasteiger partial charge in [-0.25, -0.2) is 4.39 Å². The molecule has 1 aromatic heterocycles. The first-order valence-corrected chi connectivity index (χ1v) is 27.3. The second kappa shape index (κ2) is 26.2. The second-order valence-electron chi connectivity index (χ2n) is 19.9. The molecule has 0 spiro atoms. The summed E-state index contributed by atoms with van der Waals surface area (Å²) >= 11 is 15.2. The standard InChI is InChI=1S/C30H35Cl2N3O3.C28H34BrFN2O3/c1-38-23-4-6-28-24(17-23)25(18-33-28)21-8-12-34(13-9-21)29(19-36)22-10-14-35(15-11-22)30(37)7-3-20-2-5-26(31)27(32)16-20;1-35-24-6-4-21(5-7-24)22-10-14-31(15-11-22)27(19-33)23-12-16-32(17-13-23)28(34)9-3-20-2-8-26(30)25(29)18-20/h2-7,16-18,21-22,29,33,36H,8-15,19H2,1H3;2-9,18,22-23,27,33H,10-17,19H2,1H3/b7-3+;9-3+. The molecular formula is C58H69BrCl2FN5O6. The van der Waals surface area contributed by atoms with Crippen LogP contribution in [0, 0.1) is 17.7 Å². The van der Waals surface area contributed by atoms with E-state index in [1.807, 2.05) is 34.1 Å². The molecule has 3 N–H and O–H groups in total. The van der Waals surface area contributed by atoms with Crippen LogP contribution in [0.4, 0.5) is 4.39 Å². The summed E-state index contributed by atoms with van der Waals surface area (Å²) in [6.07, 6.45) is 16.7. The Labute approximate surface area is 448 Å². The van der Waals surface area contributed by atoms with Crippen molar-refractivity contribution in [3.8, 4) is 11.5 Å². The zero-order valence-electron chi connectivity index (χ0n) is 41.9. The number of amides is 2. The second-order valence-corrected chi connectivity index (χ2v) is 21.6. The molecule has 4 aliphatic rings. The molecule has 9 rings (SSSR count). The molecule has 11 nitrogen and oxygen atoms in total. The molecule has 0 radical (unpaired) electrons. The average molecular weight is 1100 g/mol. The lowest BCUT2D eigenvalue weighted by molar-refractivity contribution is -0.128. The number of methoxy groups -OCH3 is 2. The summed E-state index contributed by atoms with van der Waals surface area (Å²) in [4.78, 5) is 37.5. The number of likely N-dealkylation sites (tertiary alicyclic amines) is 4. The van der Waals surface area contributed by atoms with Gasteiger partial charge in [-0.3, -0.25) is 19.4 Å². The van der Waals surface area contributed by atoms with Gasteiger partial charge >= 0.3 is 0 Å². The third-order valence-corrected chi connectivity index (χ3v) is 17.2. The number of hydrogen-bond donors (Lipinski definition) is 3. The van der Waals surface area contributed by atoms with Gasteiger partial charge in [-0.15, -0.1) is 0 Å². The highest BCUT2D eigenvalue weighted by molar-refractivity contribution is 9.10. The smallest absolute Gasteiger partial charge is 0.246 e. The van der Waals surface area contributed by atoms with E-state index in [9.17, 15) is 24.2 Å². The number of ether oxygens (including phenoxy) is 2. The van der Waals surface area contributed by atoms with Crippen molar-refractivity contribution in [3.05, 3.63) is 140 Å². The quantitative estimate of drug-likeness (QED) is 0.0940. The normalized spacial score (nSPS) is 19.1. The fraction of sp³-hybridized carbons (Fsp3) is 0.448. The molecule has 5 aromatic rings. The minimum Gasteiger partial charge on any atom is -0.497 e. The Morgan fingerprint density at radius 3 is 1.67 bits per heavy atom. The number of nitrogens with zero attached hydrogens (tertiary/aromatic N) is 4. The van der Waals surface area contributed by atoms with E-state index in [0.717, 1.165) is 106 Å². The molecule has 73 heavy (non-hydrogen) atoms. The van der Waals surface area contributed by atoms with E-state index in [1.54, 1.807) is 62.8 Å². The molecule has 4 aliphatic heterocycles. The summed E-state index contributed by atoms with van der Waals surface area (Å²) in [7, 11) is 3.39. The monoisotopic (exact) mass is 1100 g/mol. The Bertz CT molecular complexity index is 2670. The predicted octanol–water partition coefficient (Wildman–Crippen LogP) is 11.1. The maximum atomic E-state index is 13.4. The van der Waals surface area contributed by atoms with E-state index in [4.69, 9.17) is 32.7 Å². The topological polar surface area (TPSA) is 122 Å². The highest BCUT2D eigenvalue weighted by Crippen LogP contribution is 2.37. The lowest BCUT2D eigenvalue weighted by Crippen LogP contribution is -2.50. The van der Waals surface area contributed by atoms with Crippen molar-refractivity contribution in [3.63, 3.8) is 0 Å². The summed E-state index contributed by atoms with van der Waals surface area (Å²) in [5, 5.41) is 22.8. The highest BCUT2D eigenvalue weighted by Gasteiger charge is 2.35. The van der Waals surface area contributed by atoms with Gasteiger partial charge in [-0.1, -0.05) is 47.5 Å². The van der Waals surface area contributed by atoms with Crippen molar-refractivity contribution in [2.24, 2.45) is 11.8 Å². The Morgan fingerprint density at radius 1 is 0.658 bits per heavy atom. The average Bonchev–Trinajstić information content (AvgIpc) is 3.86. The van der Waals surface area contributed by atoms with Gasteiger partial charge in [0.2, 0.25) is 11.8 Å². The van der Waals surface area contributed by atoms with E-state index in [1.165, 1.54) is 22.6 Å². The van der Waals surface area contributed by atoms with E-state index in [0.29, 0.717) is 64.4 Å². The number of H-pyrrole nitrogens is 1. The number of carbonyl (C=O) groups excluding carboxylic acids is 2. The van der Waals surface area contributed by atoms with Gasteiger partial charge < -0.3 is 34.5 Å². The molecule has 15 heteroatoms. The van der Waals surface area contributed by atoms with Gasteiger partial charge in [-0.05, 0) is 206 Å². The molecule has 5 heterocycles. The van der Waals surface area contributed by atoms with Gasteiger partial charge in [0.15, 0.2) is 0 Å². The number of piperidine rings is 4. The zero-order chi connectivity index (χ0) is 51.4. The third kappa shape index (κ3) is 14.0. The van der Waals surface area contributed by atoms with E-state index >= 15 is 0 Å². The zero-order valence-corrected chi connectivity index (χ0v) is 45.0. The first kappa shape index (κ1) is 54.5. The molecule has 4 saturated heterocycles. The molecular weight excluding hydrogens is 1030 g/mol. The highest BCUT2D eigenvalue weighted by atomic mass is 79.9. The fourth-order valence-electron chi connectivity index (χ4n) is 11.5. The van der Waals surface area contributed by atoms with Gasteiger partial charge in [0, 0.05) is 67.5 Å². The number of nitrogens with one attached hydrogen (secondary N) is 1. The molecule has 2 amide bonds. The molecule has 2 atom stereocenters. The summed E-state index contributed by atoms with van der Waals surface area (Å²) in [5.41, 5.74) is 5.49. The van der Waals surface area contributed by atoms with Crippen molar-refractivity contribution >= 4 is 74.0 Å². The number of aromatic amines is 1. The van der Waals surface area contributed by atoms with E-state index in [-0.39, 0.29) is 42.9 Å². The molecule has 0 bridgehead atoms. The van der Waals surface area contributed by atoms with Crippen LogP contribution in [0.3, 0.4) is 0 Å². The summed E-state index contributed by atoms with van der Waals surface area (Å²) in [6.45, 7) is 7.03. The maximum absolute atomic E-state index is 13.4. The third-order valence-electron chi connectivity index (χ3n) is 15.8. The summed E-state index contributed by atoms with van der Waals surface area (Å²) < 4.78 is 24.5. The molecule has 0 aliphatic carbocycles. The van der Waals surface area contributed by atoms with Crippen LogP contribution in [0.15, 0.2) is 102 Å². The van der Waals surface area contributed by atoms with E-state index in [2.05, 4.69) is 61.2 Å². The minimum atomic E-state index is -0.320. The fourth-order valence-corrected chi connectivity index (χ4v) is 12.2. The number of halogens is 4. The summed E-state index contributed by atoms with van der Waals surface area (Å²) in [6, 6.07) is 24.9. The number of aromatic nitrogens is 1. The lowest BCUT2D eigenvalue weighted by atomic mass is 9.84. The first-order valence-electron chi connectivity index (χ1n) is 25.8. The van der Waals surface area contributed by atoms with Crippen LogP contribution in [0.25, 0.3) is 23.1 Å². The molecule has 4 aromatic carbocycles.